The Bertz CT molecular complexity index is 1160. The third-order valence-electron chi connectivity index (χ3n) is 4.22. The standard InChI is InChI=1S/C19H20ClN5O4S/c1-12(16-11-21-25(2)23-16)22-19(26)13-4-9-17(29-3)18(10-13)30(27,28)24-15-7-5-14(20)6-8-15/h4-12,24H,1-3H3,(H,22,26). The number of carbonyl (C=O) groups is 1. The van der Waals surface area contributed by atoms with Gasteiger partial charge in [-0.25, -0.2) is 8.42 Å². The zero-order valence-electron chi connectivity index (χ0n) is 16.5. The van der Waals surface area contributed by atoms with Crippen LogP contribution in [0.15, 0.2) is 53.6 Å². The second kappa shape index (κ2) is 8.72. The van der Waals surface area contributed by atoms with Crippen molar-refractivity contribution in [3.63, 3.8) is 0 Å². The molecule has 1 unspecified atom stereocenters. The second-order valence-electron chi connectivity index (χ2n) is 6.43. The van der Waals surface area contributed by atoms with Crippen LogP contribution in [0.2, 0.25) is 5.02 Å². The van der Waals surface area contributed by atoms with Crippen LogP contribution in [0.5, 0.6) is 5.75 Å². The fraction of sp³-hybridized carbons (Fsp3) is 0.211. The van der Waals surface area contributed by atoms with Gasteiger partial charge < -0.3 is 10.1 Å². The zero-order valence-corrected chi connectivity index (χ0v) is 18.0. The highest BCUT2D eigenvalue weighted by molar-refractivity contribution is 7.92. The number of methoxy groups -OCH3 is 1. The number of benzene rings is 2. The van der Waals surface area contributed by atoms with Gasteiger partial charge in [-0.15, -0.1) is 0 Å². The molecule has 0 aliphatic heterocycles. The number of carbonyl (C=O) groups excluding carboxylic acids is 1. The van der Waals surface area contributed by atoms with E-state index in [1.165, 1.54) is 42.2 Å². The molecule has 1 amide bonds. The Kier molecular flexibility index (Phi) is 6.28. The number of amides is 1. The smallest absolute Gasteiger partial charge is 0.265 e. The molecule has 158 valence electrons. The number of sulfonamides is 1. The summed E-state index contributed by atoms with van der Waals surface area (Å²) in [5, 5.41) is 11.4. The van der Waals surface area contributed by atoms with Gasteiger partial charge in [0.05, 0.1) is 19.3 Å². The largest absolute Gasteiger partial charge is 0.495 e. The molecule has 1 heterocycles. The van der Waals surface area contributed by atoms with E-state index >= 15 is 0 Å². The fourth-order valence-electron chi connectivity index (χ4n) is 2.67. The van der Waals surface area contributed by atoms with Gasteiger partial charge in [0.2, 0.25) is 0 Å². The summed E-state index contributed by atoms with van der Waals surface area (Å²) in [6.45, 7) is 1.76. The van der Waals surface area contributed by atoms with Crippen molar-refractivity contribution in [3.05, 3.63) is 64.9 Å². The Hall–Kier alpha value is -3.11. The van der Waals surface area contributed by atoms with Gasteiger partial charge in [0.15, 0.2) is 0 Å². The highest BCUT2D eigenvalue weighted by atomic mass is 35.5. The van der Waals surface area contributed by atoms with Crippen LogP contribution < -0.4 is 14.8 Å². The Morgan fingerprint density at radius 3 is 2.50 bits per heavy atom. The van der Waals surface area contributed by atoms with Crippen LogP contribution in [-0.4, -0.2) is 36.4 Å². The Labute approximate surface area is 179 Å². The van der Waals surface area contributed by atoms with E-state index in [2.05, 4.69) is 20.2 Å². The number of halogens is 1. The van der Waals surface area contributed by atoms with Crippen molar-refractivity contribution >= 4 is 33.2 Å². The Morgan fingerprint density at radius 2 is 1.90 bits per heavy atom. The SMILES string of the molecule is COc1ccc(C(=O)NC(C)c2cnn(C)n2)cc1S(=O)(=O)Nc1ccc(Cl)cc1. The van der Waals surface area contributed by atoms with E-state index in [0.29, 0.717) is 16.4 Å². The van der Waals surface area contributed by atoms with Gasteiger partial charge in [0.25, 0.3) is 15.9 Å². The summed E-state index contributed by atoms with van der Waals surface area (Å²) in [6, 6.07) is 9.95. The van der Waals surface area contributed by atoms with Crippen LogP contribution >= 0.6 is 11.6 Å². The van der Waals surface area contributed by atoms with Crippen molar-refractivity contribution in [2.75, 3.05) is 11.8 Å². The monoisotopic (exact) mass is 449 g/mol. The predicted molar refractivity (Wildman–Crippen MR) is 112 cm³/mol. The number of anilines is 1. The molecule has 3 aromatic rings. The van der Waals surface area contributed by atoms with Crippen molar-refractivity contribution < 1.29 is 17.9 Å². The molecule has 11 heteroatoms. The van der Waals surface area contributed by atoms with Gasteiger partial charge in [-0.3, -0.25) is 9.52 Å². The molecule has 0 aliphatic carbocycles. The molecule has 9 nitrogen and oxygen atoms in total. The normalized spacial score (nSPS) is 12.3. The van der Waals surface area contributed by atoms with Gasteiger partial charge in [-0.05, 0) is 49.4 Å². The average Bonchev–Trinajstić information content (AvgIpc) is 3.15. The molecular weight excluding hydrogens is 430 g/mol. The fourth-order valence-corrected chi connectivity index (χ4v) is 4.05. The first-order valence-corrected chi connectivity index (χ1v) is 10.7. The first-order chi connectivity index (χ1) is 14.2. The van der Waals surface area contributed by atoms with Crippen LogP contribution in [0.3, 0.4) is 0 Å². The highest BCUT2D eigenvalue weighted by Crippen LogP contribution is 2.27. The van der Waals surface area contributed by atoms with Gasteiger partial charge in [-0.2, -0.15) is 15.0 Å². The van der Waals surface area contributed by atoms with E-state index in [-0.39, 0.29) is 16.2 Å². The number of nitrogens with zero attached hydrogens (tertiary/aromatic N) is 3. The first-order valence-electron chi connectivity index (χ1n) is 8.83. The molecule has 1 atom stereocenters. The van der Waals surface area contributed by atoms with Crippen LogP contribution in [-0.2, 0) is 17.1 Å². The molecule has 0 fully saturated rings. The second-order valence-corrected chi connectivity index (χ2v) is 8.52. The van der Waals surface area contributed by atoms with Crippen molar-refractivity contribution in [2.24, 2.45) is 7.05 Å². The quantitative estimate of drug-likeness (QED) is 0.573. The molecule has 2 aromatic carbocycles. The topological polar surface area (TPSA) is 115 Å². The molecule has 30 heavy (non-hydrogen) atoms. The van der Waals surface area contributed by atoms with E-state index in [4.69, 9.17) is 16.3 Å². The van der Waals surface area contributed by atoms with Crippen molar-refractivity contribution in [3.8, 4) is 5.75 Å². The summed E-state index contributed by atoms with van der Waals surface area (Å²) < 4.78 is 33.5. The van der Waals surface area contributed by atoms with Gasteiger partial charge >= 0.3 is 0 Å². The summed E-state index contributed by atoms with van der Waals surface area (Å²) in [6.07, 6.45) is 1.55. The van der Waals surface area contributed by atoms with Gasteiger partial charge in [0.1, 0.15) is 16.3 Å². The number of rotatable bonds is 7. The number of hydrogen-bond acceptors (Lipinski definition) is 6. The molecule has 0 bridgehead atoms. The molecule has 1 aromatic heterocycles. The molecule has 2 N–H and O–H groups in total. The summed E-state index contributed by atoms with van der Waals surface area (Å²) in [7, 11) is -0.999. The summed E-state index contributed by atoms with van der Waals surface area (Å²) in [5.41, 5.74) is 1.06. The summed E-state index contributed by atoms with van der Waals surface area (Å²) >= 11 is 5.84. The van der Waals surface area contributed by atoms with Crippen LogP contribution in [0, 0.1) is 0 Å². The number of aromatic nitrogens is 3. The van der Waals surface area contributed by atoms with E-state index in [9.17, 15) is 13.2 Å². The van der Waals surface area contributed by atoms with E-state index in [1.54, 1.807) is 32.3 Å². The number of hydrogen-bond donors (Lipinski definition) is 2. The number of ether oxygens (including phenoxy) is 1. The Balaban J connectivity index is 1.87. The van der Waals surface area contributed by atoms with Crippen molar-refractivity contribution in [1.82, 2.24) is 20.3 Å². The summed E-state index contributed by atoms with van der Waals surface area (Å²) in [4.78, 5) is 13.9. The Morgan fingerprint density at radius 1 is 1.20 bits per heavy atom. The molecular formula is C19H20ClN5O4S. The van der Waals surface area contributed by atoms with E-state index in [1.807, 2.05) is 0 Å². The number of nitrogens with one attached hydrogen (secondary N) is 2. The highest BCUT2D eigenvalue weighted by Gasteiger charge is 2.23. The minimum absolute atomic E-state index is 0.106. The molecule has 0 saturated heterocycles. The van der Waals surface area contributed by atoms with E-state index in [0.717, 1.165) is 0 Å². The average molecular weight is 450 g/mol. The lowest BCUT2D eigenvalue weighted by molar-refractivity contribution is 0.0938. The molecule has 3 rings (SSSR count). The maximum absolute atomic E-state index is 12.9. The van der Waals surface area contributed by atoms with E-state index < -0.39 is 22.0 Å². The maximum Gasteiger partial charge on any atom is 0.265 e. The lowest BCUT2D eigenvalue weighted by Crippen LogP contribution is -2.27. The minimum atomic E-state index is -4.03. The predicted octanol–water partition coefficient (Wildman–Crippen LogP) is 2.77. The van der Waals surface area contributed by atoms with Crippen LogP contribution in [0.1, 0.15) is 29.0 Å². The van der Waals surface area contributed by atoms with Crippen LogP contribution in [0.25, 0.3) is 0 Å². The van der Waals surface area contributed by atoms with Gasteiger partial charge in [0, 0.05) is 23.3 Å². The van der Waals surface area contributed by atoms with Crippen molar-refractivity contribution in [1.29, 1.82) is 0 Å². The molecule has 0 spiro atoms. The maximum atomic E-state index is 12.9. The third kappa shape index (κ3) is 4.89. The number of aryl methyl sites for hydroxylation is 1. The first kappa shape index (κ1) is 21.6. The third-order valence-corrected chi connectivity index (χ3v) is 5.87. The van der Waals surface area contributed by atoms with Crippen LogP contribution in [0.4, 0.5) is 5.69 Å². The summed E-state index contributed by atoms with van der Waals surface area (Å²) in [5.74, 6) is -0.353. The minimum Gasteiger partial charge on any atom is -0.495 e. The molecule has 0 saturated carbocycles. The van der Waals surface area contributed by atoms with Crippen molar-refractivity contribution in [2.45, 2.75) is 17.9 Å². The molecule has 0 aliphatic rings. The molecule has 0 radical (unpaired) electrons. The lowest BCUT2D eigenvalue weighted by Gasteiger charge is -2.15. The lowest BCUT2D eigenvalue weighted by atomic mass is 10.1. The van der Waals surface area contributed by atoms with Gasteiger partial charge in [-0.1, -0.05) is 11.6 Å². The zero-order chi connectivity index (χ0) is 21.9.